The first kappa shape index (κ1) is 18.8. The van der Waals surface area contributed by atoms with E-state index in [1.54, 1.807) is 7.11 Å². The molecule has 1 aliphatic heterocycles. The van der Waals surface area contributed by atoms with Crippen molar-refractivity contribution in [3.63, 3.8) is 0 Å². The molecule has 1 saturated heterocycles. The van der Waals surface area contributed by atoms with Gasteiger partial charge in [-0.05, 0) is 26.0 Å². The summed E-state index contributed by atoms with van der Waals surface area (Å²) < 4.78 is 16.4. The van der Waals surface area contributed by atoms with Crippen LogP contribution >= 0.6 is 0 Å². The fourth-order valence-corrected chi connectivity index (χ4v) is 2.70. The number of guanidine groups is 1. The van der Waals surface area contributed by atoms with Crippen molar-refractivity contribution in [2.45, 2.75) is 19.9 Å². The van der Waals surface area contributed by atoms with E-state index in [0.717, 1.165) is 56.9 Å². The second-order valence-corrected chi connectivity index (χ2v) is 5.75. The second-order valence-electron chi connectivity index (χ2n) is 5.75. The average Bonchev–Trinajstić information content (AvgIpc) is 3.02. The first-order chi connectivity index (χ1) is 11.7. The highest BCUT2D eigenvalue weighted by Crippen LogP contribution is 2.24. The summed E-state index contributed by atoms with van der Waals surface area (Å²) >= 11 is 0. The van der Waals surface area contributed by atoms with E-state index in [-0.39, 0.29) is 6.04 Å². The molecular weight excluding hydrogens is 308 g/mol. The molecular formula is C17H30N4O3. The summed E-state index contributed by atoms with van der Waals surface area (Å²) in [5, 5.41) is 6.54. The summed E-state index contributed by atoms with van der Waals surface area (Å²) in [7, 11) is 1.69. The number of ether oxygens (including phenoxy) is 2. The molecule has 0 bridgehead atoms. The molecule has 1 aromatic heterocycles. The quantitative estimate of drug-likeness (QED) is 0.421. The van der Waals surface area contributed by atoms with Crippen LogP contribution in [0.2, 0.25) is 0 Å². The molecule has 0 aliphatic carbocycles. The molecule has 136 valence electrons. The van der Waals surface area contributed by atoms with Crippen LogP contribution < -0.4 is 10.6 Å². The Hall–Kier alpha value is -1.57. The smallest absolute Gasteiger partial charge is 0.191 e. The van der Waals surface area contributed by atoms with Crippen LogP contribution in [0.3, 0.4) is 0 Å². The third-order valence-corrected chi connectivity index (χ3v) is 3.94. The topological polar surface area (TPSA) is 71.3 Å². The Labute approximate surface area is 144 Å². The lowest BCUT2D eigenvalue weighted by Crippen LogP contribution is -2.42. The van der Waals surface area contributed by atoms with Crippen LogP contribution in [0.5, 0.6) is 0 Å². The molecule has 0 amide bonds. The maximum Gasteiger partial charge on any atom is 0.191 e. The van der Waals surface area contributed by atoms with Gasteiger partial charge in [0.05, 0.1) is 32.4 Å². The Balaban J connectivity index is 2.06. The van der Waals surface area contributed by atoms with E-state index in [1.165, 1.54) is 0 Å². The van der Waals surface area contributed by atoms with Crippen LogP contribution in [0.4, 0.5) is 0 Å². The summed E-state index contributed by atoms with van der Waals surface area (Å²) in [5.41, 5.74) is 0. The van der Waals surface area contributed by atoms with E-state index in [2.05, 4.69) is 28.5 Å². The molecule has 1 fully saturated rings. The fraction of sp³-hybridized carbons (Fsp3) is 0.706. The van der Waals surface area contributed by atoms with Crippen LogP contribution in [-0.2, 0) is 9.47 Å². The van der Waals surface area contributed by atoms with Gasteiger partial charge >= 0.3 is 0 Å². The van der Waals surface area contributed by atoms with Crippen molar-refractivity contribution in [3.05, 3.63) is 23.7 Å². The zero-order valence-corrected chi connectivity index (χ0v) is 15.0. The first-order valence-electron chi connectivity index (χ1n) is 8.63. The van der Waals surface area contributed by atoms with E-state index in [0.29, 0.717) is 13.2 Å². The maximum absolute atomic E-state index is 5.88. The molecule has 1 unspecified atom stereocenters. The average molecular weight is 338 g/mol. The van der Waals surface area contributed by atoms with E-state index in [4.69, 9.17) is 18.9 Å². The van der Waals surface area contributed by atoms with Crippen molar-refractivity contribution in [3.8, 4) is 0 Å². The SMILES string of the molecule is CCNC(=NCC(c1ccc(C)o1)N1CCOCC1)NCCOC. The molecule has 1 atom stereocenters. The van der Waals surface area contributed by atoms with Crippen molar-refractivity contribution >= 4 is 5.96 Å². The Morgan fingerprint density at radius 3 is 2.75 bits per heavy atom. The van der Waals surface area contributed by atoms with Gasteiger partial charge in [-0.3, -0.25) is 9.89 Å². The zero-order valence-electron chi connectivity index (χ0n) is 15.0. The summed E-state index contributed by atoms with van der Waals surface area (Å²) in [6, 6.07) is 4.19. The number of morpholine rings is 1. The van der Waals surface area contributed by atoms with Crippen LogP contribution in [0, 0.1) is 6.92 Å². The summed E-state index contributed by atoms with van der Waals surface area (Å²) in [4.78, 5) is 7.12. The maximum atomic E-state index is 5.88. The molecule has 1 aliphatic rings. The number of nitrogens with one attached hydrogen (secondary N) is 2. The number of hydrogen-bond acceptors (Lipinski definition) is 5. The lowest BCUT2D eigenvalue weighted by molar-refractivity contribution is 0.0135. The molecule has 2 N–H and O–H groups in total. The molecule has 1 aromatic rings. The Bertz CT molecular complexity index is 498. The second kappa shape index (κ2) is 10.3. The number of furan rings is 1. The lowest BCUT2D eigenvalue weighted by atomic mass is 10.1. The minimum absolute atomic E-state index is 0.125. The minimum atomic E-state index is 0.125. The van der Waals surface area contributed by atoms with Crippen molar-refractivity contribution in [2.24, 2.45) is 4.99 Å². The van der Waals surface area contributed by atoms with Crippen molar-refractivity contribution in [1.82, 2.24) is 15.5 Å². The third-order valence-electron chi connectivity index (χ3n) is 3.94. The van der Waals surface area contributed by atoms with E-state index < -0.39 is 0 Å². The van der Waals surface area contributed by atoms with Crippen LogP contribution in [0.1, 0.15) is 24.5 Å². The zero-order chi connectivity index (χ0) is 17.2. The first-order valence-corrected chi connectivity index (χ1v) is 8.63. The van der Waals surface area contributed by atoms with Crippen LogP contribution in [0.15, 0.2) is 21.5 Å². The highest BCUT2D eigenvalue weighted by Gasteiger charge is 2.25. The fourth-order valence-electron chi connectivity index (χ4n) is 2.70. The number of nitrogens with zero attached hydrogens (tertiary/aromatic N) is 2. The Kier molecular flexibility index (Phi) is 8.07. The van der Waals surface area contributed by atoms with Gasteiger partial charge in [0.2, 0.25) is 0 Å². The van der Waals surface area contributed by atoms with Gasteiger partial charge in [0.1, 0.15) is 11.5 Å². The molecule has 0 aromatic carbocycles. The summed E-state index contributed by atoms with van der Waals surface area (Å²) in [6.45, 7) is 10.2. The normalized spacial score (nSPS) is 17.7. The Morgan fingerprint density at radius 1 is 1.33 bits per heavy atom. The number of hydrogen-bond donors (Lipinski definition) is 2. The number of aliphatic imine (C=N–C) groups is 1. The largest absolute Gasteiger partial charge is 0.465 e. The predicted molar refractivity (Wildman–Crippen MR) is 94.4 cm³/mol. The summed E-state index contributed by atoms with van der Waals surface area (Å²) in [6.07, 6.45) is 0. The number of methoxy groups -OCH3 is 1. The van der Waals surface area contributed by atoms with Gasteiger partial charge < -0.3 is 24.5 Å². The number of rotatable bonds is 8. The van der Waals surface area contributed by atoms with E-state index in [1.807, 2.05) is 13.0 Å². The van der Waals surface area contributed by atoms with Gasteiger partial charge in [-0.2, -0.15) is 0 Å². The molecule has 0 saturated carbocycles. The van der Waals surface area contributed by atoms with E-state index >= 15 is 0 Å². The van der Waals surface area contributed by atoms with Crippen LogP contribution in [0.25, 0.3) is 0 Å². The lowest BCUT2D eigenvalue weighted by Gasteiger charge is -2.32. The summed E-state index contributed by atoms with van der Waals surface area (Å²) in [5.74, 6) is 2.69. The third kappa shape index (κ3) is 5.81. The minimum Gasteiger partial charge on any atom is -0.465 e. The van der Waals surface area contributed by atoms with Gasteiger partial charge in [0.15, 0.2) is 5.96 Å². The molecule has 2 heterocycles. The van der Waals surface area contributed by atoms with Crippen LogP contribution in [-0.4, -0.2) is 70.5 Å². The van der Waals surface area contributed by atoms with Crippen molar-refractivity contribution in [1.29, 1.82) is 0 Å². The highest BCUT2D eigenvalue weighted by molar-refractivity contribution is 5.79. The molecule has 0 spiro atoms. The molecule has 7 nitrogen and oxygen atoms in total. The van der Waals surface area contributed by atoms with Gasteiger partial charge in [-0.15, -0.1) is 0 Å². The standard InChI is InChI=1S/C17H30N4O3/c1-4-18-17(19-7-10-22-3)20-13-15(16-6-5-14(2)24-16)21-8-11-23-12-9-21/h5-6,15H,4,7-13H2,1-3H3,(H2,18,19,20). The monoisotopic (exact) mass is 338 g/mol. The van der Waals surface area contributed by atoms with Gasteiger partial charge in [0.25, 0.3) is 0 Å². The molecule has 24 heavy (non-hydrogen) atoms. The molecule has 2 rings (SSSR count). The van der Waals surface area contributed by atoms with Gasteiger partial charge in [-0.25, -0.2) is 0 Å². The Morgan fingerprint density at radius 2 is 2.12 bits per heavy atom. The molecule has 7 heteroatoms. The van der Waals surface area contributed by atoms with Crippen molar-refractivity contribution in [2.75, 3.05) is 59.7 Å². The highest BCUT2D eigenvalue weighted by atomic mass is 16.5. The predicted octanol–water partition coefficient (Wildman–Crippen LogP) is 1.16. The van der Waals surface area contributed by atoms with Gasteiger partial charge in [0, 0.05) is 33.3 Å². The molecule has 0 radical (unpaired) electrons. The van der Waals surface area contributed by atoms with Gasteiger partial charge in [-0.1, -0.05) is 0 Å². The number of aryl methyl sites for hydroxylation is 1. The van der Waals surface area contributed by atoms with E-state index in [9.17, 15) is 0 Å². The van der Waals surface area contributed by atoms with Crippen molar-refractivity contribution < 1.29 is 13.9 Å².